The average molecular weight is 312 g/mol. The molecule has 0 radical (unpaired) electrons. The Kier molecular flexibility index (Phi) is 6.38. The number of nitrogens with zero attached hydrogens (tertiary/aromatic N) is 1. The van der Waals surface area contributed by atoms with Crippen LogP contribution in [-0.4, -0.2) is 46.9 Å². The van der Waals surface area contributed by atoms with Crippen molar-refractivity contribution in [1.82, 2.24) is 10.2 Å². The van der Waals surface area contributed by atoms with Crippen LogP contribution in [0.25, 0.3) is 0 Å². The molecule has 2 amide bonds. The molecular formula is C16H28N2O4. The minimum absolute atomic E-state index is 0.104. The van der Waals surface area contributed by atoms with E-state index in [1.165, 1.54) is 18.7 Å². The van der Waals surface area contributed by atoms with Crippen LogP contribution in [0, 0.1) is 11.3 Å². The highest BCUT2D eigenvalue weighted by atomic mass is 16.4. The third-order valence-electron chi connectivity index (χ3n) is 4.39. The Balaban J connectivity index is 2.78. The molecule has 22 heavy (non-hydrogen) atoms. The second kappa shape index (κ2) is 7.61. The van der Waals surface area contributed by atoms with E-state index in [-0.39, 0.29) is 36.2 Å². The van der Waals surface area contributed by atoms with Crippen molar-refractivity contribution in [2.75, 3.05) is 13.1 Å². The topological polar surface area (TPSA) is 86.7 Å². The van der Waals surface area contributed by atoms with Crippen LogP contribution >= 0.6 is 0 Å². The quantitative estimate of drug-likeness (QED) is 0.780. The number of nitrogens with one attached hydrogen (secondary N) is 1. The highest BCUT2D eigenvalue weighted by Crippen LogP contribution is 2.39. The predicted molar refractivity (Wildman–Crippen MR) is 83.2 cm³/mol. The predicted octanol–water partition coefficient (Wildman–Crippen LogP) is 1.64. The molecule has 0 aliphatic heterocycles. The smallest absolute Gasteiger partial charge is 0.326 e. The van der Waals surface area contributed by atoms with Gasteiger partial charge < -0.3 is 15.3 Å². The van der Waals surface area contributed by atoms with Gasteiger partial charge in [0.15, 0.2) is 0 Å². The molecule has 0 spiro atoms. The minimum Gasteiger partial charge on any atom is -0.480 e. The maximum atomic E-state index is 12.8. The zero-order chi connectivity index (χ0) is 16.9. The van der Waals surface area contributed by atoms with Crippen molar-refractivity contribution in [3.63, 3.8) is 0 Å². The second-order valence-electron chi connectivity index (χ2n) is 6.99. The summed E-state index contributed by atoms with van der Waals surface area (Å²) in [5.41, 5.74) is 0.119. The van der Waals surface area contributed by atoms with E-state index in [4.69, 9.17) is 0 Å². The van der Waals surface area contributed by atoms with Gasteiger partial charge in [0.1, 0.15) is 6.04 Å². The Labute approximate surface area is 132 Å². The van der Waals surface area contributed by atoms with Gasteiger partial charge in [-0.25, -0.2) is 4.79 Å². The van der Waals surface area contributed by atoms with Crippen LogP contribution in [0.5, 0.6) is 0 Å². The van der Waals surface area contributed by atoms with E-state index < -0.39 is 12.0 Å². The molecule has 0 saturated heterocycles. The molecule has 1 aliphatic rings. The Morgan fingerprint density at radius 1 is 1.36 bits per heavy atom. The monoisotopic (exact) mass is 312 g/mol. The van der Waals surface area contributed by atoms with E-state index in [2.05, 4.69) is 19.2 Å². The first-order valence-corrected chi connectivity index (χ1v) is 7.92. The average Bonchev–Trinajstić information content (AvgIpc) is 2.40. The van der Waals surface area contributed by atoms with E-state index in [1.54, 1.807) is 0 Å². The number of aliphatic carboxylic acids is 1. The maximum absolute atomic E-state index is 12.8. The zero-order valence-corrected chi connectivity index (χ0v) is 14.0. The lowest BCUT2D eigenvalue weighted by molar-refractivity contribution is -0.152. The van der Waals surface area contributed by atoms with E-state index in [9.17, 15) is 19.5 Å². The van der Waals surface area contributed by atoms with Gasteiger partial charge in [-0.15, -0.1) is 0 Å². The summed E-state index contributed by atoms with van der Waals surface area (Å²) in [5, 5.41) is 11.8. The van der Waals surface area contributed by atoms with Gasteiger partial charge in [-0.05, 0) is 31.6 Å². The first kappa shape index (κ1) is 18.5. The van der Waals surface area contributed by atoms with Crippen molar-refractivity contribution >= 4 is 17.8 Å². The van der Waals surface area contributed by atoms with Crippen LogP contribution < -0.4 is 5.32 Å². The van der Waals surface area contributed by atoms with Gasteiger partial charge in [-0.1, -0.05) is 20.3 Å². The molecule has 6 heteroatoms. The molecule has 0 aromatic rings. The molecule has 0 aromatic heterocycles. The van der Waals surface area contributed by atoms with Crippen molar-refractivity contribution < 1.29 is 19.5 Å². The normalized spacial score (nSPS) is 21.7. The molecule has 2 unspecified atom stereocenters. The number of hydrogen-bond acceptors (Lipinski definition) is 3. The lowest BCUT2D eigenvalue weighted by Gasteiger charge is -2.38. The molecule has 1 fully saturated rings. The first-order valence-electron chi connectivity index (χ1n) is 7.92. The molecule has 6 nitrogen and oxygen atoms in total. The van der Waals surface area contributed by atoms with Crippen molar-refractivity contribution in [3.8, 4) is 0 Å². The summed E-state index contributed by atoms with van der Waals surface area (Å²) < 4.78 is 0. The molecule has 2 atom stereocenters. The van der Waals surface area contributed by atoms with Gasteiger partial charge in [0.25, 0.3) is 0 Å². The van der Waals surface area contributed by atoms with Gasteiger partial charge in [0.05, 0.1) is 0 Å². The van der Waals surface area contributed by atoms with Crippen molar-refractivity contribution in [1.29, 1.82) is 0 Å². The lowest BCUT2D eigenvalue weighted by atomic mass is 9.72. The highest BCUT2D eigenvalue weighted by Gasteiger charge is 2.36. The second-order valence-corrected chi connectivity index (χ2v) is 6.99. The van der Waals surface area contributed by atoms with Gasteiger partial charge in [0.2, 0.25) is 11.8 Å². The number of carbonyl (C=O) groups excluding carboxylic acids is 2. The standard InChI is InChI=1S/C16H28N2O4/c1-11(15(21)22)18(9-8-17-12(2)19)14(20)13-6-5-7-16(3,4)10-13/h11,13H,5-10H2,1-4H3,(H,17,19)(H,21,22). The number of carboxylic acid groups (broad SMARTS) is 1. The number of hydrogen-bond donors (Lipinski definition) is 2. The van der Waals surface area contributed by atoms with E-state index >= 15 is 0 Å². The summed E-state index contributed by atoms with van der Waals surface area (Å²) >= 11 is 0. The van der Waals surface area contributed by atoms with Crippen molar-refractivity contribution in [2.24, 2.45) is 11.3 Å². The van der Waals surface area contributed by atoms with Crippen LogP contribution in [0.15, 0.2) is 0 Å². The summed E-state index contributed by atoms with van der Waals surface area (Å²) in [5.74, 6) is -1.43. The van der Waals surface area contributed by atoms with Crippen LogP contribution in [0.4, 0.5) is 0 Å². The van der Waals surface area contributed by atoms with Gasteiger partial charge in [-0.2, -0.15) is 0 Å². The first-order chi connectivity index (χ1) is 10.1. The van der Waals surface area contributed by atoms with Gasteiger partial charge in [0, 0.05) is 25.9 Å². The molecule has 0 bridgehead atoms. The fourth-order valence-electron chi connectivity index (χ4n) is 3.12. The summed E-state index contributed by atoms with van der Waals surface area (Å²) in [4.78, 5) is 36.4. The van der Waals surface area contributed by atoms with Crippen molar-refractivity contribution in [3.05, 3.63) is 0 Å². The van der Waals surface area contributed by atoms with Crippen LogP contribution in [0.2, 0.25) is 0 Å². The Bertz CT molecular complexity index is 434. The molecule has 1 rings (SSSR count). The van der Waals surface area contributed by atoms with Crippen LogP contribution in [0.1, 0.15) is 53.4 Å². The number of carbonyl (C=O) groups is 3. The van der Waals surface area contributed by atoms with Crippen molar-refractivity contribution in [2.45, 2.75) is 59.4 Å². The van der Waals surface area contributed by atoms with Gasteiger partial charge in [-0.3, -0.25) is 9.59 Å². The Hall–Kier alpha value is -1.59. The molecule has 0 aromatic carbocycles. The summed E-state index contributed by atoms with van der Waals surface area (Å²) in [6.07, 6.45) is 3.68. The lowest BCUT2D eigenvalue weighted by Crippen LogP contribution is -2.50. The largest absolute Gasteiger partial charge is 0.480 e. The molecule has 1 saturated carbocycles. The molecule has 126 valence electrons. The van der Waals surface area contributed by atoms with E-state index in [1.807, 2.05) is 0 Å². The van der Waals surface area contributed by atoms with E-state index in [0.29, 0.717) is 0 Å². The third kappa shape index (κ3) is 5.31. The minimum atomic E-state index is -1.02. The molecule has 0 heterocycles. The van der Waals surface area contributed by atoms with Crippen LogP contribution in [0.3, 0.4) is 0 Å². The summed E-state index contributed by atoms with van der Waals surface area (Å²) in [6.45, 7) is 7.71. The third-order valence-corrected chi connectivity index (χ3v) is 4.39. The Morgan fingerprint density at radius 2 is 2.00 bits per heavy atom. The molecule has 1 aliphatic carbocycles. The summed E-state index contributed by atoms with van der Waals surface area (Å²) in [6, 6.07) is -0.883. The SMILES string of the molecule is CC(=O)NCCN(C(=O)C1CCCC(C)(C)C1)C(C)C(=O)O. The fourth-order valence-corrected chi connectivity index (χ4v) is 3.12. The van der Waals surface area contributed by atoms with E-state index in [0.717, 1.165) is 25.7 Å². The molecule has 2 N–H and O–H groups in total. The maximum Gasteiger partial charge on any atom is 0.326 e. The summed E-state index contributed by atoms with van der Waals surface area (Å²) in [7, 11) is 0. The fraction of sp³-hybridized carbons (Fsp3) is 0.812. The number of amides is 2. The van der Waals surface area contributed by atoms with Gasteiger partial charge >= 0.3 is 5.97 Å². The zero-order valence-electron chi connectivity index (χ0n) is 14.0. The van der Waals surface area contributed by atoms with Crippen LogP contribution in [-0.2, 0) is 14.4 Å². The highest BCUT2D eigenvalue weighted by molar-refractivity contribution is 5.85. The number of rotatable bonds is 6. The Morgan fingerprint density at radius 3 is 2.50 bits per heavy atom. The number of carboxylic acids is 1. The molecular weight excluding hydrogens is 284 g/mol.